The van der Waals surface area contributed by atoms with E-state index in [4.69, 9.17) is 18.0 Å². The van der Waals surface area contributed by atoms with Gasteiger partial charge in [0.2, 0.25) is 5.91 Å². The lowest BCUT2D eigenvalue weighted by molar-refractivity contribution is -0.116. The molecule has 1 aliphatic rings. The Kier molecular flexibility index (Phi) is 3.43. The molecule has 90 valence electrons. The first-order valence-corrected chi connectivity index (χ1v) is 6.18. The maximum absolute atomic E-state index is 11.8. The number of nitrogens with two attached hydrogens (primary N) is 1. The molecular weight excluding hydrogens is 232 g/mol. The van der Waals surface area contributed by atoms with Crippen molar-refractivity contribution >= 4 is 28.8 Å². The maximum Gasteiger partial charge on any atom is 0.224 e. The second-order valence-corrected chi connectivity index (χ2v) is 5.00. The molecule has 1 saturated carbocycles. The average molecular weight is 248 g/mol. The minimum Gasteiger partial charge on any atom is -0.389 e. The van der Waals surface area contributed by atoms with Crippen LogP contribution in [0.4, 0.5) is 5.69 Å². The van der Waals surface area contributed by atoms with E-state index in [0.717, 1.165) is 16.8 Å². The summed E-state index contributed by atoms with van der Waals surface area (Å²) < 4.78 is 0. The molecule has 3 N–H and O–H groups in total. The van der Waals surface area contributed by atoms with Crippen molar-refractivity contribution in [1.82, 2.24) is 0 Å². The summed E-state index contributed by atoms with van der Waals surface area (Å²) in [5, 5.41) is 2.90. The zero-order valence-corrected chi connectivity index (χ0v) is 10.6. The minimum absolute atomic E-state index is 0.0515. The molecule has 1 aromatic rings. The summed E-state index contributed by atoms with van der Waals surface area (Å²) in [6.07, 6.45) is 2.94. The van der Waals surface area contributed by atoms with E-state index in [1.54, 1.807) is 0 Å². The summed E-state index contributed by atoms with van der Waals surface area (Å²) in [5.41, 5.74) is 8.17. The van der Waals surface area contributed by atoms with E-state index in [2.05, 4.69) is 5.32 Å². The van der Waals surface area contributed by atoms with Gasteiger partial charge in [-0.25, -0.2) is 0 Å². The zero-order chi connectivity index (χ0) is 12.4. The number of aryl methyl sites for hydroxylation is 1. The molecule has 4 heteroatoms. The summed E-state index contributed by atoms with van der Waals surface area (Å²) in [6.45, 7) is 1.94. The summed E-state index contributed by atoms with van der Waals surface area (Å²) >= 11 is 5.02. The number of benzene rings is 1. The van der Waals surface area contributed by atoms with Crippen LogP contribution in [0.5, 0.6) is 0 Å². The first-order valence-electron chi connectivity index (χ1n) is 5.77. The lowest BCUT2D eigenvalue weighted by Crippen LogP contribution is -2.18. The smallest absolute Gasteiger partial charge is 0.224 e. The van der Waals surface area contributed by atoms with Crippen LogP contribution < -0.4 is 11.1 Å². The highest BCUT2D eigenvalue weighted by Crippen LogP contribution is 2.32. The number of carbonyl (C=O) groups is 1. The predicted molar refractivity (Wildman–Crippen MR) is 73.0 cm³/mol. The molecule has 1 amide bonds. The van der Waals surface area contributed by atoms with Gasteiger partial charge in [-0.15, -0.1) is 0 Å². The molecule has 2 rings (SSSR count). The largest absolute Gasteiger partial charge is 0.389 e. The molecule has 1 fully saturated rings. The number of carbonyl (C=O) groups excluding carboxylic acids is 1. The molecule has 0 aromatic heterocycles. The van der Waals surface area contributed by atoms with Gasteiger partial charge >= 0.3 is 0 Å². The van der Waals surface area contributed by atoms with E-state index in [0.29, 0.717) is 17.3 Å². The van der Waals surface area contributed by atoms with E-state index >= 15 is 0 Å². The van der Waals surface area contributed by atoms with Crippen LogP contribution in [0.3, 0.4) is 0 Å². The Bertz CT molecular complexity index is 466. The van der Waals surface area contributed by atoms with Crippen molar-refractivity contribution in [2.24, 2.45) is 11.7 Å². The van der Waals surface area contributed by atoms with Gasteiger partial charge in [-0.05, 0) is 37.3 Å². The molecule has 1 aliphatic carbocycles. The van der Waals surface area contributed by atoms with E-state index in [1.165, 1.54) is 12.8 Å². The Morgan fingerprint density at radius 1 is 1.53 bits per heavy atom. The van der Waals surface area contributed by atoms with Gasteiger partial charge in [0.15, 0.2) is 0 Å². The zero-order valence-electron chi connectivity index (χ0n) is 9.82. The van der Waals surface area contributed by atoms with Crippen molar-refractivity contribution in [1.29, 1.82) is 0 Å². The third-order valence-electron chi connectivity index (χ3n) is 2.96. The first-order chi connectivity index (χ1) is 8.08. The lowest BCUT2D eigenvalue weighted by Gasteiger charge is -2.12. The highest BCUT2D eigenvalue weighted by atomic mass is 32.1. The number of anilines is 1. The SMILES string of the molecule is Cc1cccc(NC(=O)CC2CC2)c1C(N)=S. The highest BCUT2D eigenvalue weighted by Gasteiger charge is 2.24. The number of rotatable bonds is 4. The monoisotopic (exact) mass is 248 g/mol. The Balaban J connectivity index is 2.16. The van der Waals surface area contributed by atoms with Crippen molar-refractivity contribution < 1.29 is 4.79 Å². The fourth-order valence-corrected chi connectivity index (χ4v) is 2.16. The van der Waals surface area contributed by atoms with Gasteiger partial charge in [-0.1, -0.05) is 24.4 Å². The van der Waals surface area contributed by atoms with Crippen molar-refractivity contribution in [3.63, 3.8) is 0 Å². The molecule has 0 aliphatic heterocycles. The number of nitrogens with one attached hydrogen (secondary N) is 1. The summed E-state index contributed by atoms with van der Waals surface area (Å²) in [4.78, 5) is 12.1. The Hall–Kier alpha value is -1.42. The normalized spacial score (nSPS) is 14.4. The standard InChI is InChI=1S/C13H16N2OS/c1-8-3-2-4-10(12(8)13(14)17)15-11(16)7-9-5-6-9/h2-4,9H,5-7H2,1H3,(H2,14,17)(H,15,16). The van der Waals surface area contributed by atoms with Gasteiger partial charge in [-0.3, -0.25) is 4.79 Å². The molecule has 17 heavy (non-hydrogen) atoms. The van der Waals surface area contributed by atoms with Gasteiger partial charge < -0.3 is 11.1 Å². The lowest BCUT2D eigenvalue weighted by atomic mass is 10.1. The van der Waals surface area contributed by atoms with Crippen molar-refractivity contribution in [2.45, 2.75) is 26.2 Å². The van der Waals surface area contributed by atoms with Crippen LogP contribution in [0.15, 0.2) is 18.2 Å². The maximum atomic E-state index is 11.8. The number of amides is 1. The van der Waals surface area contributed by atoms with Gasteiger partial charge in [0.1, 0.15) is 4.99 Å². The molecule has 0 unspecified atom stereocenters. The molecule has 0 heterocycles. The van der Waals surface area contributed by atoms with Crippen LogP contribution in [0, 0.1) is 12.8 Å². The van der Waals surface area contributed by atoms with Crippen molar-refractivity contribution in [3.05, 3.63) is 29.3 Å². The van der Waals surface area contributed by atoms with Crippen LogP contribution in [0.1, 0.15) is 30.4 Å². The van der Waals surface area contributed by atoms with Gasteiger partial charge in [0.25, 0.3) is 0 Å². The average Bonchev–Trinajstić information content (AvgIpc) is 3.00. The quantitative estimate of drug-likeness (QED) is 0.804. The van der Waals surface area contributed by atoms with Crippen molar-refractivity contribution in [2.75, 3.05) is 5.32 Å². The fraction of sp³-hybridized carbons (Fsp3) is 0.385. The van der Waals surface area contributed by atoms with Crippen molar-refractivity contribution in [3.8, 4) is 0 Å². The van der Waals surface area contributed by atoms with E-state index < -0.39 is 0 Å². The molecule has 1 aromatic carbocycles. The molecule has 3 nitrogen and oxygen atoms in total. The van der Waals surface area contributed by atoms with Gasteiger partial charge in [-0.2, -0.15) is 0 Å². The number of thiocarbonyl (C=S) groups is 1. The molecule has 0 atom stereocenters. The van der Waals surface area contributed by atoms with Gasteiger partial charge in [0.05, 0.1) is 5.69 Å². The van der Waals surface area contributed by atoms with Crippen LogP contribution in [-0.2, 0) is 4.79 Å². The number of hydrogen-bond donors (Lipinski definition) is 2. The van der Waals surface area contributed by atoms with E-state index in [1.807, 2.05) is 25.1 Å². The molecular formula is C13H16N2OS. The Labute approximate surface area is 106 Å². The van der Waals surface area contributed by atoms with Crippen LogP contribution in [0.25, 0.3) is 0 Å². The summed E-state index contributed by atoms with van der Waals surface area (Å²) in [5.74, 6) is 0.628. The summed E-state index contributed by atoms with van der Waals surface area (Å²) in [7, 11) is 0. The molecule has 0 bridgehead atoms. The Morgan fingerprint density at radius 3 is 2.82 bits per heavy atom. The fourth-order valence-electron chi connectivity index (χ4n) is 1.88. The molecule has 0 saturated heterocycles. The highest BCUT2D eigenvalue weighted by molar-refractivity contribution is 7.80. The third kappa shape index (κ3) is 3.03. The van der Waals surface area contributed by atoms with Gasteiger partial charge in [0, 0.05) is 12.0 Å². The first kappa shape index (κ1) is 12.0. The second-order valence-electron chi connectivity index (χ2n) is 4.56. The third-order valence-corrected chi connectivity index (χ3v) is 3.17. The topological polar surface area (TPSA) is 55.1 Å². The van der Waals surface area contributed by atoms with Crippen LogP contribution in [0.2, 0.25) is 0 Å². The number of hydrogen-bond acceptors (Lipinski definition) is 2. The minimum atomic E-state index is 0.0515. The Morgan fingerprint density at radius 2 is 2.24 bits per heavy atom. The predicted octanol–water partition coefficient (Wildman–Crippen LogP) is 2.37. The van der Waals surface area contributed by atoms with Crippen LogP contribution >= 0.6 is 12.2 Å². The second kappa shape index (κ2) is 4.84. The molecule has 0 spiro atoms. The molecule has 0 radical (unpaired) electrons. The summed E-state index contributed by atoms with van der Waals surface area (Å²) in [6, 6.07) is 5.67. The van der Waals surface area contributed by atoms with E-state index in [-0.39, 0.29) is 5.91 Å². The van der Waals surface area contributed by atoms with Crippen LogP contribution in [-0.4, -0.2) is 10.9 Å². The van der Waals surface area contributed by atoms with E-state index in [9.17, 15) is 4.79 Å².